The van der Waals surface area contributed by atoms with Crippen molar-refractivity contribution in [1.82, 2.24) is 0 Å². The summed E-state index contributed by atoms with van der Waals surface area (Å²) in [5, 5.41) is 9.00. The second-order valence-electron chi connectivity index (χ2n) is 4.72. The molecule has 1 aromatic carbocycles. The zero-order valence-electron chi connectivity index (χ0n) is 11.1. The fourth-order valence-electron chi connectivity index (χ4n) is 1.26. The van der Waals surface area contributed by atoms with Crippen molar-refractivity contribution in [1.29, 1.82) is 0 Å². The van der Waals surface area contributed by atoms with Crippen LogP contribution in [0.1, 0.15) is 24.2 Å². The van der Waals surface area contributed by atoms with E-state index in [9.17, 15) is 9.59 Å². The fourth-order valence-corrected chi connectivity index (χ4v) is 1.26. The number of nitrogen functional groups attached to an aromatic ring is 1. The van der Waals surface area contributed by atoms with Crippen molar-refractivity contribution in [3.05, 3.63) is 23.8 Å². The summed E-state index contributed by atoms with van der Waals surface area (Å²) in [6.07, 6.45) is 0. The number of anilines is 1. The number of hydrogen-bond acceptors (Lipinski definition) is 5. The van der Waals surface area contributed by atoms with Crippen molar-refractivity contribution >= 4 is 17.6 Å². The zero-order valence-corrected chi connectivity index (χ0v) is 11.1. The Morgan fingerprint density at radius 1 is 1.37 bits per heavy atom. The second-order valence-corrected chi connectivity index (χ2v) is 4.72. The van der Waals surface area contributed by atoms with E-state index in [2.05, 4.69) is 4.74 Å². The normalized spacial score (nSPS) is 10.9. The predicted octanol–water partition coefficient (Wildman–Crippen LogP) is 1.54. The molecule has 0 aliphatic heterocycles. The Kier molecular flexibility index (Phi) is 4.37. The Morgan fingerprint density at radius 3 is 2.53 bits per heavy atom. The lowest BCUT2D eigenvalue weighted by Crippen LogP contribution is -2.31. The lowest BCUT2D eigenvalue weighted by Gasteiger charge is -2.20. The van der Waals surface area contributed by atoms with Crippen molar-refractivity contribution in [2.45, 2.75) is 13.8 Å². The molecule has 0 radical (unpaired) electrons. The first kappa shape index (κ1) is 14.8. The van der Waals surface area contributed by atoms with Crippen molar-refractivity contribution in [2.24, 2.45) is 5.41 Å². The third kappa shape index (κ3) is 3.61. The maximum atomic E-state index is 11.5. The van der Waals surface area contributed by atoms with Crippen LogP contribution in [0.25, 0.3) is 0 Å². The molecule has 0 spiro atoms. The smallest absolute Gasteiger partial charge is 0.341 e. The Labute approximate surface area is 111 Å². The number of carbonyl (C=O) groups is 2. The predicted molar refractivity (Wildman–Crippen MR) is 69.1 cm³/mol. The molecule has 0 unspecified atom stereocenters. The average Bonchev–Trinajstić information content (AvgIpc) is 2.35. The van der Waals surface area contributed by atoms with Crippen molar-refractivity contribution in [3.8, 4) is 5.75 Å². The molecule has 0 amide bonds. The summed E-state index contributed by atoms with van der Waals surface area (Å²) in [7, 11) is 1.25. The minimum atomic E-state index is -1.07. The number of hydrogen-bond donors (Lipinski definition) is 2. The van der Waals surface area contributed by atoms with Gasteiger partial charge in [-0.1, -0.05) is 0 Å². The molecule has 0 atom stereocenters. The van der Waals surface area contributed by atoms with E-state index in [0.29, 0.717) is 5.69 Å². The highest BCUT2D eigenvalue weighted by Gasteiger charge is 2.29. The molecule has 0 heterocycles. The van der Waals surface area contributed by atoms with Crippen LogP contribution in [-0.2, 0) is 9.53 Å². The molecule has 0 aliphatic carbocycles. The maximum absolute atomic E-state index is 11.5. The molecule has 0 saturated heterocycles. The molecule has 6 nitrogen and oxygen atoms in total. The van der Waals surface area contributed by atoms with Gasteiger partial charge in [0.15, 0.2) is 0 Å². The van der Waals surface area contributed by atoms with E-state index in [-0.39, 0.29) is 17.9 Å². The van der Waals surface area contributed by atoms with Gasteiger partial charge >= 0.3 is 11.9 Å². The van der Waals surface area contributed by atoms with Gasteiger partial charge in [-0.05, 0) is 26.0 Å². The van der Waals surface area contributed by atoms with Gasteiger partial charge in [0, 0.05) is 11.8 Å². The van der Waals surface area contributed by atoms with Crippen molar-refractivity contribution in [3.63, 3.8) is 0 Å². The standard InChI is InChI=1S/C13H17NO5/c1-13(2,12(16)17)7-19-10-6-8(14)4-5-9(10)11(15)18-3/h4-6H,7,14H2,1-3H3,(H,16,17). The van der Waals surface area contributed by atoms with Crippen LogP contribution < -0.4 is 10.5 Å². The van der Waals surface area contributed by atoms with Gasteiger partial charge in [-0.15, -0.1) is 0 Å². The summed E-state index contributed by atoms with van der Waals surface area (Å²) < 4.78 is 10.0. The number of ether oxygens (including phenoxy) is 2. The molecule has 0 aromatic heterocycles. The van der Waals surface area contributed by atoms with Gasteiger partial charge in [-0.25, -0.2) is 4.79 Å². The third-order valence-electron chi connectivity index (χ3n) is 2.58. The van der Waals surface area contributed by atoms with Gasteiger partial charge in [-0.2, -0.15) is 0 Å². The van der Waals surface area contributed by atoms with E-state index in [4.69, 9.17) is 15.6 Å². The van der Waals surface area contributed by atoms with Gasteiger partial charge in [0.1, 0.15) is 17.9 Å². The van der Waals surface area contributed by atoms with Crippen LogP contribution >= 0.6 is 0 Å². The van der Waals surface area contributed by atoms with Crippen LogP contribution in [0, 0.1) is 5.41 Å². The van der Waals surface area contributed by atoms with E-state index in [1.807, 2.05) is 0 Å². The van der Waals surface area contributed by atoms with E-state index in [1.165, 1.54) is 33.1 Å². The lowest BCUT2D eigenvalue weighted by molar-refractivity contribution is -0.148. The second kappa shape index (κ2) is 5.60. The monoisotopic (exact) mass is 267 g/mol. The number of carboxylic acid groups (broad SMARTS) is 1. The number of methoxy groups -OCH3 is 1. The molecule has 1 rings (SSSR count). The van der Waals surface area contributed by atoms with E-state index >= 15 is 0 Å². The fraction of sp³-hybridized carbons (Fsp3) is 0.385. The molecule has 0 bridgehead atoms. The molecule has 104 valence electrons. The molecule has 0 fully saturated rings. The maximum Gasteiger partial charge on any atom is 0.341 e. The van der Waals surface area contributed by atoms with Gasteiger partial charge in [0.2, 0.25) is 0 Å². The number of nitrogens with two attached hydrogens (primary N) is 1. The summed E-state index contributed by atoms with van der Waals surface area (Å²) in [5.41, 5.74) is 5.17. The summed E-state index contributed by atoms with van der Waals surface area (Å²) in [5.74, 6) is -1.35. The van der Waals surface area contributed by atoms with Gasteiger partial charge < -0.3 is 20.3 Å². The van der Waals surface area contributed by atoms with Gasteiger partial charge in [-0.3, -0.25) is 4.79 Å². The number of esters is 1. The Morgan fingerprint density at radius 2 is 2.00 bits per heavy atom. The van der Waals surface area contributed by atoms with Crippen LogP contribution in [-0.4, -0.2) is 30.8 Å². The van der Waals surface area contributed by atoms with Crippen LogP contribution in [0.2, 0.25) is 0 Å². The van der Waals surface area contributed by atoms with E-state index in [1.54, 1.807) is 6.07 Å². The number of rotatable bonds is 5. The summed E-state index contributed by atoms with van der Waals surface area (Å²) in [6, 6.07) is 4.48. The molecular formula is C13H17NO5. The molecule has 1 aromatic rings. The topological polar surface area (TPSA) is 98.9 Å². The highest BCUT2D eigenvalue weighted by Crippen LogP contribution is 2.25. The van der Waals surface area contributed by atoms with Gasteiger partial charge in [0.05, 0.1) is 12.5 Å². The Bertz CT molecular complexity index is 496. The quantitative estimate of drug-likeness (QED) is 0.620. The summed E-state index contributed by atoms with van der Waals surface area (Å²) in [4.78, 5) is 22.5. The molecule has 3 N–H and O–H groups in total. The van der Waals surface area contributed by atoms with Crippen molar-refractivity contribution < 1.29 is 24.2 Å². The molecule has 6 heteroatoms. The number of carbonyl (C=O) groups excluding carboxylic acids is 1. The molecule has 19 heavy (non-hydrogen) atoms. The first-order valence-corrected chi connectivity index (χ1v) is 5.62. The first-order chi connectivity index (χ1) is 8.77. The Hall–Kier alpha value is -2.24. The number of carboxylic acids is 1. The number of benzene rings is 1. The van der Waals surface area contributed by atoms with Crippen LogP contribution in [0.3, 0.4) is 0 Å². The first-order valence-electron chi connectivity index (χ1n) is 5.62. The highest BCUT2D eigenvalue weighted by atomic mass is 16.5. The minimum Gasteiger partial charge on any atom is -0.491 e. The van der Waals surface area contributed by atoms with Crippen LogP contribution in [0.4, 0.5) is 5.69 Å². The average molecular weight is 267 g/mol. The van der Waals surface area contributed by atoms with Gasteiger partial charge in [0.25, 0.3) is 0 Å². The summed E-state index contributed by atoms with van der Waals surface area (Å²) >= 11 is 0. The van der Waals surface area contributed by atoms with E-state index < -0.39 is 17.4 Å². The number of aliphatic carboxylic acids is 1. The largest absolute Gasteiger partial charge is 0.491 e. The molecule has 0 saturated carbocycles. The zero-order chi connectivity index (χ0) is 14.6. The minimum absolute atomic E-state index is 0.0875. The molecular weight excluding hydrogens is 250 g/mol. The van der Waals surface area contributed by atoms with E-state index in [0.717, 1.165) is 0 Å². The highest BCUT2D eigenvalue weighted by molar-refractivity contribution is 5.93. The van der Waals surface area contributed by atoms with Crippen LogP contribution in [0.15, 0.2) is 18.2 Å². The SMILES string of the molecule is COC(=O)c1ccc(N)cc1OCC(C)(C)C(=O)O. The van der Waals surface area contributed by atoms with Crippen molar-refractivity contribution in [2.75, 3.05) is 19.5 Å². The third-order valence-corrected chi connectivity index (χ3v) is 2.58. The Balaban J connectivity index is 2.97. The lowest BCUT2D eigenvalue weighted by atomic mass is 9.95. The molecule has 0 aliphatic rings. The van der Waals surface area contributed by atoms with Crippen LogP contribution in [0.5, 0.6) is 5.75 Å². The summed E-state index contributed by atoms with van der Waals surface area (Å²) in [6.45, 7) is 2.97.